The summed E-state index contributed by atoms with van der Waals surface area (Å²) in [4.78, 5) is 28.9. The Kier molecular flexibility index (Phi) is 3.35. The third kappa shape index (κ3) is 2.18. The molecule has 4 heteroatoms. The number of aliphatic hydroxyl groups excluding tert-OH is 1. The molecule has 0 spiro atoms. The van der Waals surface area contributed by atoms with E-state index in [4.69, 9.17) is 0 Å². The third-order valence-corrected chi connectivity index (χ3v) is 4.57. The standard InChI is InChI=1S/C15H19NO3/c17-12-8-4-3-7-11(12)16-13-14(18)9-5-1-2-6-10(9)15(13)19/h3-4,9-12,17H,1-2,5-8H2. The number of Topliss-reactive ketones (excluding diaryl/α,β-unsaturated/α-hetero) is 2. The van der Waals surface area contributed by atoms with Crippen LogP contribution in [0.4, 0.5) is 0 Å². The van der Waals surface area contributed by atoms with E-state index >= 15 is 0 Å². The minimum Gasteiger partial charge on any atom is -0.391 e. The number of hydrogen-bond acceptors (Lipinski definition) is 4. The van der Waals surface area contributed by atoms with Crippen LogP contribution >= 0.6 is 0 Å². The van der Waals surface area contributed by atoms with Crippen LogP contribution in [-0.2, 0) is 9.59 Å². The highest BCUT2D eigenvalue weighted by molar-refractivity contribution is 6.70. The van der Waals surface area contributed by atoms with Crippen molar-refractivity contribution < 1.29 is 14.7 Å². The van der Waals surface area contributed by atoms with Gasteiger partial charge in [0, 0.05) is 11.8 Å². The van der Waals surface area contributed by atoms with Gasteiger partial charge < -0.3 is 5.11 Å². The second kappa shape index (κ2) is 5.00. The molecule has 4 atom stereocenters. The Morgan fingerprint density at radius 3 is 2.16 bits per heavy atom. The maximum absolute atomic E-state index is 12.3. The summed E-state index contributed by atoms with van der Waals surface area (Å²) in [6, 6.07) is -0.326. The molecule has 0 saturated heterocycles. The molecule has 0 radical (unpaired) electrons. The predicted molar refractivity (Wildman–Crippen MR) is 71.1 cm³/mol. The fourth-order valence-electron chi connectivity index (χ4n) is 3.45. The fraction of sp³-hybridized carbons (Fsp3) is 0.667. The van der Waals surface area contributed by atoms with Crippen molar-refractivity contribution >= 4 is 17.3 Å². The van der Waals surface area contributed by atoms with Crippen LogP contribution in [0.25, 0.3) is 0 Å². The monoisotopic (exact) mass is 261 g/mol. The number of fused-ring (bicyclic) bond motifs is 1. The first-order chi connectivity index (χ1) is 9.18. The normalized spacial score (nSPS) is 38.5. The maximum atomic E-state index is 12.3. The number of aliphatic hydroxyl groups is 1. The number of carbonyl (C=O) groups excluding carboxylic acids is 2. The van der Waals surface area contributed by atoms with Crippen molar-refractivity contribution in [1.82, 2.24) is 0 Å². The summed E-state index contributed by atoms with van der Waals surface area (Å²) in [7, 11) is 0. The van der Waals surface area contributed by atoms with Crippen molar-refractivity contribution in [2.45, 2.75) is 50.7 Å². The van der Waals surface area contributed by atoms with Gasteiger partial charge in [-0.2, -0.15) is 0 Å². The average Bonchev–Trinajstić information content (AvgIpc) is 2.67. The van der Waals surface area contributed by atoms with Gasteiger partial charge in [-0.3, -0.25) is 14.6 Å². The van der Waals surface area contributed by atoms with E-state index in [-0.39, 0.29) is 35.2 Å². The summed E-state index contributed by atoms with van der Waals surface area (Å²) in [5.74, 6) is -0.402. The lowest BCUT2D eigenvalue weighted by Crippen LogP contribution is -2.29. The number of ketones is 2. The highest BCUT2D eigenvalue weighted by Crippen LogP contribution is 2.37. The fourth-order valence-corrected chi connectivity index (χ4v) is 3.45. The van der Waals surface area contributed by atoms with Crippen molar-refractivity contribution in [2.24, 2.45) is 16.8 Å². The summed E-state index contributed by atoms with van der Waals surface area (Å²) in [5, 5.41) is 9.88. The minimum atomic E-state index is -0.569. The Labute approximate surface area is 112 Å². The van der Waals surface area contributed by atoms with E-state index in [1.165, 1.54) is 0 Å². The molecule has 0 aliphatic heterocycles. The molecule has 2 fully saturated rings. The molecule has 2 saturated carbocycles. The van der Waals surface area contributed by atoms with Gasteiger partial charge in [0.25, 0.3) is 0 Å². The largest absolute Gasteiger partial charge is 0.391 e. The molecule has 0 amide bonds. The molecular formula is C15H19NO3. The molecule has 19 heavy (non-hydrogen) atoms. The van der Waals surface area contributed by atoms with Crippen LogP contribution in [-0.4, -0.2) is 34.5 Å². The number of hydrogen-bond donors (Lipinski definition) is 1. The van der Waals surface area contributed by atoms with Crippen molar-refractivity contribution in [3.8, 4) is 0 Å². The minimum absolute atomic E-state index is 0.0727. The second-order valence-corrected chi connectivity index (χ2v) is 5.78. The number of carbonyl (C=O) groups is 2. The van der Waals surface area contributed by atoms with Gasteiger partial charge in [-0.15, -0.1) is 0 Å². The molecule has 0 aromatic rings. The lowest BCUT2D eigenvalue weighted by Gasteiger charge is -2.20. The Bertz CT molecular complexity index is 440. The summed E-state index contributed by atoms with van der Waals surface area (Å²) in [5.41, 5.74) is 0.135. The van der Waals surface area contributed by atoms with Crippen LogP contribution in [0.3, 0.4) is 0 Å². The van der Waals surface area contributed by atoms with E-state index in [0.717, 1.165) is 25.7 Å². The summed E-state index contributed by atoms with van der Waals surface area (Å²) < 4.78 is 0. The first kappa shape index (κ1) is 12.7. The van der Waals surface area contributed by atoms with E-state index in [9.17, 15) is 14.7 Å². The van der Waals surface area contributed by atoms with E-state index in [1.807, 2.05) is 12.2 Å². The molecule has 3 rings (SSSR count). The van der Waals surface area contributed by atoms with E-state index < -0.39 is 6.10 Å². The van der Waals surface area contributed by atoms with Crippen molar-refractivity contribution in [3.05, 3.63) is 12.2 Å². The number of nitrogens with zero attached hydrogens (tertiary/aromatic N) is 1. The maximum Gasteiger partial charge on any atom is 0.188 e. The van der Waals surface area contributed by atoms with E-state index in [2.05, 4.69) is 4.99 Å². The van der Waals surface area contributed by atoms with Crippen LogP contribution in [0.5, 0.6) is 0 Å². The van der Waals surface area contributed by atoms with Gasteiger partial charge in [-0.1, -0.05) is 25.0 Å². The van der Waals surface area contributed by atoms with Crippen LogP contribution in [0.1, 0.15) is 38.5 Å². The zero-order chi connectivity index (χ0) is 13.4. The Balaban J connectivity index is 1.85. The molecule has 102 valence electrons. The quantitative estimate of drug-likeness (QED) is 0.727. The predicted octanol–water partition coefficient (Wildman–Crippen LogP) is 1.47. The highest BCUT2D eigenvalue weighted by atomic mass is 16.3. The smallest absolute Gasteiger partial charge is 0.188 e. The number of aliphatic imine (C=N–C) groups is 1. The molecule has 3 aliphatic carbocycles. The van der Waals surface area contributed by atoms with Crippen LogP contribution in [0.2, 0.25) is 0 Å². The van der Waals surface area contributed by atoms with Crippen LogP contribution < -0.4 is 0 Å². The van der Waals surface area contributed by atoms with Crippen LogP contribution in [0.15, 0.2) is 17.1 Å². The molecular weight excluding hydrogens is 242 g/mol. The van der Waals surface area contributed by atoms with E-state index in [1.54, 1.807) is 0 Å². The van der Waals surface area contributed by atoms with Gasteiger partial charge in [0.1, 0.15) is 5.71 Å². The summed E-state index contributed by atoms with van der Waals surface area (Å²) in [6.45, 7) is 0. The van der Waals surface area contributed by atoms with Gasteiger partial charge in [0.15, 0.2) is 11.6 Å². The van der Waals surface area contributed by atoms with Crippen molar-refractivity contribution in [1.29, 1.82) is 0 Å². The zero-order valence-electron chi connectivity index (χ0n) is 10.9. The van der Waals surface area contributed by atoms with Crippen molar-refractivity contribution in [2.75, 3.05) is 0 Å². The average molecular weight is 261 g/mol. The molecule has 0 aromatic heterocycles. The molecule has 0 heterocycles. The van der Waals surface area contributed by atoms with Gasteiger partial charge in [0.2, 0.25) is 0 Å². The lowest BCUT2D eigenvalue weighted by molar-refractivity contribution is -0.120. The lowest BCUT2D eigenvalue weighted by atomic mass is 9.81. The Morgan fingerprint density at radius 1 is 1.00 bits per heavy atom. The van der Waals surface area contributed by atoms with Gasteiger partial charge >= 0.3 is 0 Å². The zero-order valence-corrected chi connectivity index (χ0v) is 10.9. The third-order valence-electron chi connectivity index (χ3n) is 4.57. The molecule has 4 nitrogen and oxygen atoms in total. The molecule has 4 unspecified atom stereocenters. The van der Waals surface area contributed by atoms with Gasteiger partial charge in [-0.25, -0.2) is 0 Å². The molecule has 3 aliphatic rings. The van der Waals surface area contributed by atoms with Gasteiger partial charge in [0.05, 0.1) is 12.1 Å². The van der Waals surface area contributed by atoms with Crippen LogP contribution in [0, 0.1) is 11.8 Å². The van der Waals surface area contributed by atoms with Gasteiger partial charge in [-0.05, 0) is 25.7 Å². The Morgan fingerprint density at radius 2 is 1.58 bits per heavy atom. The SMILES string of the molecule is O=C1C(=NC2CC=CCC2O)C(=O)C2CCCCC12. The second-order valence-electron chi connectivity index (χ2n) is 5.78. The topological polar surface area (TPSA) is 66.7 Å². The first-order valence-corrected chi connectivity index (χ1v) is 7.18. The van der Waals surface area contributed by atoms with Crippen molar-refractivity contribution in [3.63, 3.8) is 0 Å². The summed E-state index contributed by atoms with van der Waals surface area (Å²) >= 11 is 0. The summed E-state index contributed by atoms with van der Waals surface area (Å²) in [6.07, 6.45) is 8.17. The van der Waals surface area contributed by atoms with E-state index in [0.29, 0.717) is 12.8 Å². The molecule has 1 N–H and O–H groups in total. The highest BCUT2D eigenvalue weighted by Gasteiger charge is 2.47. The first-order valence-electron chi connectivity index (χ1n) is 7.18. The molecule has 0 bridgehead atoms. The number of rotatable bonds is 1. The Hall–Kier alpha value is -1.29. The molecule has 0 aromatic carbocycles.